The lowest BCUT2D eigenvalue weighted by atomic mass is 10.2. The standard InChI is InChI=1S/C13H20N2O2/c1-10(2)17-9-8-15(4)13-12(11(3)16)6-5-7-14-13/h5-7,10H,8-9H2,1-4H3. The van der Waals surface area contributed by atoms with Crippen molar-refractivity contribution in [2.75, 3.05) is 25.1 Å². The van der Waals surface area contributed by atoms with Crippen LogP contribution in [0.25, 0.3) is 0 Å². The highest BCUT2D eigenvalue weighted by Gasteiger charge is 2.11. The van der Waals surface area contributed by atoms with E-state index in [0.29, 0.717) is 18.0 Å². The first-order valence-electron chi connectivity index (χ1n) is 5.81. The van der Waals surface area contributed by atoms with E-state index in [0.717, 1.165) is 6.54 Å². The molecule has 0 fully saturated rings. The van der Waals surface area contributed by atoms with Gasteiger partial charge in [-0.05, 0) is 32.9 Å². The number of hydrogen-bond donors (Lipinski definition) is 0. The molecule has 1 heterocycles. The van der Waals surface area contributed by atoms with Crippen molar-refractivity contribution >= 4 is 11.6 Å². The molecule has 0 aliphatic heterocycles. The minimum Gasteiger partial charge on any atom is -0.377 e. The Kier molecular flexibility index (Phi) is 5.10. The second-order valence-corrected chi connectivity index (χ2v) is 4.27. The first kappa shape index (κ1) is 13.6. The molecule has 0 atom stereocenters. The summed E-state index contributed by atoms with van der Waals surface area (Å²) in [6.07, 6.45) is 1.92. The molecule has 0 saturated heterocycles. The molecule has 4 heteroatoms. The quantitative estimate of drug-likeness (QED) is 0.710. The van der Waals surface area contributed by atoms with Crippen molar-refractivity contribution in [3.8, 4) is 0 Å². The summed E-state index contributed by atoms with van der Waals surface area (Å²) in [5, 5.41) is 0. The minimum absolute atomic E-state index is 0.0322. The highest BCUT2D eigenvalue weighted by atomic mass is 16.5. The Morgan fingerprint density at radius 1 is 1.53 bits per heavy atom. The smallest absolute Gasteiger partial charge is 0.163 e. The maximum absolute atomic E-state index is 11.5. The number of Topliss-reactive ketones (excluding diaryl/α,β-unsaturated/α-hetero) is 1. The molecule has 0 N–H and O–H groups in total. The van der Waals surface area contributed by atoms with Gasteiger partial charge < -0.3 is 9.64 Å². The van der Waals surface area contributed by atoms with Crippen molar-refractivity contribution in [2.45, 2.75) is 26.9 Å². The molecule has 4 nitrogen and oxygen atoms in total. The monoisotopic (exact) mass is 236 g/mol. The van der Waals surface area contributed by atoms with Gasteiger partial charge in [0.25, 0.3) is 0 Å². The van der Waals surface area contributed by atoms with Gasteiger partial charge in [0.1, 0.15) is 5.82 Å². The van der Waals surface area contributed by atoms with Crippen LogP contribution in [0.15, 0.2) is 18.3 Å². The third kappa shape index (κ3) is 4.15. The molecule has 0 bridgehead atoms. The lowest BCUT2D eigenvalue weighted by molar-refractivity contribution is 0.0844. The third-order valence-corrected chi connectivity index (χ3v) is 2.41. The van der Waals surface area contributed by atoms with Crippen LogP contribution in [0, 0.1) is 0 Å². The minimum atomic E-state index is 0.0322. The maximum Gasteiger partial charge on any atom is 0.163 e. The summed E-state index contributed by atoms with van der Waals surface area (Å²) in [6, 6.07) is 3.57. The van der Waals surface area contributed by atoms with E-state index in [4.69, 9.17) is 4.74 Å². The van der Waals surface area contributed by atoms with Crippen LogP contribution in [0.4, 0.5) is 5.82 Å². The van der Waals surface area contributed by atoms with Gasteiger partial charge in [-0.1, -0.05) is 0 Å². The number of anilines is 1. The predicted molar refractivity (Wildman–Crippen MR) is 68.6 cm³/mol. The molecule has 0 saturated carbocycles. The molecule has 0 aromatic carbocycles. The Balaban J connectivity index is 2.68. The van der Waals surface area contributed by atoms with Gasteiger partial charge in [0.2, 0.25) is 0 Å². The summed E-state index contributed by atoms with van der Waals surface area (Å²) >= 11 is 0. The van der Waals surface area contributed by atoms with Crippen LogP contribution in [-0.4, -0.2) is 37.1 Å². The van der Waals surface area contributed by atoms with Gasteiger partial charge in [-0.2, -0.15) is 0 Å². The van der Waals surface area contributed by atoms with Crippen LogP contribution in [-0.2, 0) is 4.74 Å². The average Bonchev–Trinajstić information content (AvgIpc) is 2.28. The summed E-state index contributed by atoms with van der Waals surface area (Å²) in [7, 11) is 1.92. The second kappa shape index (κ2) is 6.35. The van der Waals surface area contributed by atoms with E-state index in [2.05, 4.69) is 4.98 Å². The Hall–Kier alpha value is -1.42. The van der Waals surface area contributed by atoms with E-state index in [9.17, 15) is 4.79 Å². The zero-order valence-electron chi connectivity index (χ0n) is 10.9. The molecule has 17 heavy (non-hydrogen) atoms. The first-order chi connectivity index (χ1) is 8.02. The fourth-order valence-electron chi connectivity index (χ4n) is 1.51. The van der Waals surface area contributed by atoms with Gasteiger partial charge in [-0.25, -0.2) is 4.98 Å². The largest absolute Gasteiger partial charge is 0.377 e. The van der Waals surface area contributed by atoms with Gasteiger partial charge in [-0.3, -0.25) is 4.79 Å². The summed E-state index contributed by atoms with van der Waals surface area (Å²) in [5.41, 5.74) is 0.652. The van der Waals surface area contributed by atoms with Crippen molar-refractivity contribution in [2.24, 2.45) is 0 Å². The molecule has 0 radical (unpaired) electrons. The van der Waals surface area contributed by atoms with Crippen molar-refractivity contribution in [1.82, 2.24) is 4.98 Å². The van der Waals surface area contributed by atoms with Crippen molar-refractivity contribution in [3.63, 3.8) is 0 Å². The highest BCUT2D eigenvalue weighted by Crippen LogP contribution is 2.15. The maximum atomic E-state index is 11.5. The van der Waals surface area contributed by atoms with Crippen LogP contribution in [0.2, 0.25) is 0 Å². The summed E-state index contributed by atoms with van der Waals surface area (Å²) in [5.74, 6) is 0.747. The molecule has 1 aromatic heterocycles. The first-order valence-corrected chi connectivity index (χ1v) is 5.81. The predicted octanol–water partition coefficient (Wildman–Crippen LogP) is 2.15. The fraction of sp³-hybridized carbons (Fsp3) is 0.538. The van der Waals surface area contributed by atoms with Crippen LogP contribution in [0.5, 0.6) is 0 Å². The van der Waals surface area contributed by atoms with Crippen LogP contribution in [0.1, 0.15) is 31.1 Å². The lowest BCUT2D eigenvalue weighted by Gasteiger charge is -2.20. The molecule has 94 valence electrons. The molecular weight excluding hydrogens is 216 g/mol. The molecule has 0 aliphatic carbocycles. The third-order valence-electron chi connectivity index (χ3n) is 2.41. The number of ketones is 1. The topological polar surface area (TPSA) is 42.4 Å². The summed E-state index contributed by atoms with van der Waals surface area (Å²) in [4.78, 5) is 17.6. The molecule has 0 amide bonds. The van der Waals surface area contributed by atoms with Crippen molar-refractivity contribution in [3.05, 3.63) is 23.9 Å². The number of ether oxygens (including phenoxy) is 1. The fourth-order valence-corrected chi connectivity index (χ4v) is 1.51. The average molecular weight is 236 g/mol. The molecule has 0 spiro atoms. The lowest BCUT2D eigenvalue weighted by Crippen LogP contribution is -2.26. The normalized spacial score (nSPS) is 10.6. The van der Waals surface area contributed by atoms with Crippen LogP contribution >= 0.6 is 0 Å². The van der Waals surface area contributed by atoms with E-state index in [1.807, 2.05) is 25.8 Å². The SMILES string of the molecule is CC(=O)c1cccnc1N(C)CCOC(C)C. The van der Waals surface area contributed by atoms with Crippen LogP contribution < -0.4 is 4.90 Å². The number of carbonyl (C=O) groups excluding carboxylic acids is 1. The van der Waals surface area contributed by atoms with Gasteiger partial charge in [-0.15, -0.1) is 0 Å². The van der Waals surface area contributed by atoms with E-state index in [-0.39, 0.29) is 11.9 Å². The Bertz CT molecular complexity index is 377. The zero-order valence-corrected chi connectivity index (χ0v) is 10.9. The molecule has 1 aromatic rings. The Morgan fingerprint density at radius 3 is 2.82 bits per heavy atom. The number of hydrogen-bond acceptors (Lipinski definition) is 4. The van der Waals surface area contributed by atoms with E-state index >= 15 is 0 Å². The molecule has 1 rings (SSSR count). The van der Waals surface area contributed by atoms with Crippen molar-refractivity contribution < 1.29 is 9.53 Å². The Morgan fingerprint density at radius 2 is 2.24 bits per heavy atom. The van der Waals surface area contributed by atoms with Gasteiger partial charge >= 0.3 is 0 Å². The second-order valence-electron chi connectivity index (χ2n) is 4.27. The van der Waals surface area contributed by atoms with E-state index in [1.54, 1.807) is 25.3 Å². The number of aromatic nitrogens is 1. The number of rotatable bonds is 6. The summed E-state index contributed by atoms with van der Waals surface area (Å²) < 4.78 is 5.48. The zero-order chi connectivity index (χ0) is 12.8. The molecule has 0 unspecified atom stereocenters. The molecule has 0 aliphatic rings. The van der Waals surface area contributed by atoms with Gasteiger partial charge in [0, 0.05) is 19.8 Å². The van der Waals surface area contributed by atoms with Crippen molar-refractivity contribution in [1.29, 1.82) is 0 Å². The highest BCUT2D eigenvalue weighted by molar-refractivity contribution is 5.98. The summed E-state index contributed by atoms with van der Waals surface area (Å²) in [6.45, 7) is 6.90. The van der Waals surface area contributed by atoms with Crippen LogP contribution in [0.3, 0.4) is 0 Å². The number of nitrogens with zero attached hydrogens (tertiary/aromatic N) is 2. The Labute approximate surface area is 103 Å². The van der Waals surface area contributed by atoms with E-state index in [1.165, 1.54) is 0 Å². The number of likely N-dealkylation sites (N-methyl/N-ethyl adjacent to an activating group) is 1. The molecular formula is C13H20N2O2. The van der Waals surface area contributed by atoms with E-state index < -0.39 is 0 Å². The van der Waals surface area contributed by atoms with Gasteiger partial charge in [0.05, 0.1) is 18.3 Å². The number of carbonyl (C=O) groups is 1. The number of pyridine rings is 1. The van der Waals surface area contributed by atoms with Gasteiger partial charge in [0.15, 0.2) is 5.78 Å².